The van der Waals surface area contributed by atoms with Crippen molar-refractivity contribution in [1.82, 2.24) is 4.90 Å². The number of esters is 1. The van der Waals surface area contributed by atoms with Crippen molar-refractivity contribution in [2.45, 2.75) is 192 Å². The van der Waals surface area contributed by atoms with Crippen LogP contribution in [0.1, 0.15) is 131 Å². The van der Waals surface area contributed by atoms with Gasteiger partial charge in [0.1, 0.15) is 36.2 Å². The first kappa shape index (κ1) is 61.7. The molecule has 15 atom stereocenters. The Morgan fingerprint density at radius 2 is 1.52 bits per heavy atom. The summed E-state index contributed by atoms with van der Waals surface area (Å²) in [6.45, 7) is 14.4. The van der Waals surface area contributed by atoms with Crippen molar-refractivity contribution in [2.75, 3.05) is 27.9 Å². The highest BCUT2D eigenvalue weighted by atomic mass is 32.2. The van der Waals surface area contributed by atoms with Crippen molar-refractivity contribution in [1.29, 1.82) is 0 Å². The number of methoxy groups -OCH3 is 3. The van der Waals surface area contributed by atoms with Gasteiger partial charge in [-0.3, -0.25) is 23.4 Å². The molecule has 1 amide bonds. The second-order valence-corrected chi connectivity index (χ2v) is 23.5. The summed E-state index contributed by atoms with van der Waals surface area (Å²) < 4.78 is 62.1. The summed E-state index contributed by atoms with van der Waals surface area (Å²) in [6.07, 6.45) is 9.52. The highest BCUT2D eigenvalue weighted by Gasteiger charge is 2.53. The first-order chi connectivity index (χ1) is 35.4. The van der Waals surface area contributed by atoms with Crippen molar-refractivity contribution in [3.8, 4) is 0 Å². The monoisotopic (exact) mass is 1070 g/mol. The molecule has 1 aromatic rings. The van der Waals surface area contributed by atoms with Gasteiger partial charge in [-0.15, -0.1) is 0 Å². The van der Waals surface area contributed by atoms with E-state index in [4.69, 9.17) is 27.9 Å². The van der Waals surface area contributed by atoms with Crippen LogP contribution in [0.25, 0.3) is 0 Å². The molecular formula is C58H85NO15S. The Kier molecular flexibility index (Phi) is 22.9. The Morgan fingerprint density at radius 1 is 0.813 bits per heavy atom. The molecule has 418 valence electrons. The van der Waals surface area contributed by atoms with Gasteiger partial charge in [0.05, 0.1) is 23.2 Å². The number of benzene rings is 1. The third-order valence-corrected chi connectivity index (χ3v) is 17.4. The minimum absolute atomic E-state index is 0.00610. The van der Waals surface area contributed by atoms with Gasteiger partial charge < -0.3 is 38.8 Å². The van der Waals surface area contributed by atoms with Crippen LogP contribution in [-0.4, -0.2) is 135 Å². The Morgan fingerprint density at radius 3 is 2.19 bits per heavy atom. The summed E-state index contributed by atoms with van der Waals surface area (Å²) in [5.41, 5.74) is 2.12. The predicted octanol–water partition coefficient (Wildman–Crippen LogP) is 7.90. The number of rotatable bonds is 9. The van der Waals surface area contributed by atoms with Crippen LogP contribution in [0.15, 0.2) is 76.8 Å². The number of fused-ring (bicyclic) bond motifs is 3. The number of hydrogen-bond acceptors (Lipinski definition) is 15. The van der Waals surface area contributed by atoms with E-state index in [1.54, 1.807) is 53.0 Å². The number of aliphatic hydroxyl groups is 2. The van der Waals surface area contributed by atoms with Gasteiger partial charge in [0.25, 0.3) is 21.8 Å². The van der Waals surface area contributed by atoms with E-state index in [9.17, 15) is 42.6 Å². The molecule has 2 N–H and O–H groups in total. The smallest absolute Gasteiger partial charge is 0.329 e. The number of aryl methyl sites for hydroxylation is 1. The number of amides is 1. The highest BCUT2D eigenvalue weighted by Crippen LogP contribution is 2.39. The van der Waals surface area contributed by atoms with Crippen molar-refractivity contribution < 1.29 is 70.5 Å². The van der Waals surface area contributed by atoms with E-state index in [1.165, 1.54) is 31.3 Å². The molecular weight excluding hydrogens is 983 g/mol. The number of aliphatic hydroxyl groups excluding tert-OH is 1. The number of hydrogen-bond donors (Lipinski definition) is 2. The summed E-state index contributed by atoms with van der Waals surface area (Å²) in [7, 11) is 0.339. The van der Waals surface area contributed by atoms with Gasteiger partial charge in [-0.25, -0.2) is 4.79 Å². The molecule has 2 saturated heterocycles. The molecule has 3 heterocycles. The van der Waals surface area contributed by atoms with Crippen molar-refractivity contribution >= 4 is 39.3 Å². The zero-order chi connectivity index (χ0) is 55.4. The predicted molar refractivity (Wildman–Crippen MR) is 282 cm³/mol. The number of allylic oxidation sites excluding steroid dienone is 6. The first-order valence-electron chi connectivity index (χ1n) is 26.9. The molecule has 0 spiro atoms. The molecule has 3 aliphatic heterocycles. The fraction of sp³-hybridized carbons (Fsp3) is 0.672. The third-order valence-electron chi connectivity index (χ3n) is 16.0. The lowest BCUT2D eigenvalue weighted by molar-refractivity contribution is -0.265. The first-order valence-corrected chi connectivity index (χ1v) is 28.3. The molecule has 5 rings (SSSR count). The van der Waals surface area contributed by atoms with E-state index in [0.717, 1.165) is 11.1 Å². The third kappa shape index (κ3) is 16.2. The van der Waals surface area contributed by atoms with Gasteiger partial charge in [0, 0.05) is 58.5 Å². The van der Waals surface area contributed by atoms with Gasteiger partial charge >= 0.3 is 5.97 Å². The average Bonchev–Trinajstić information content (AvgIpc) is 3.38. The van der Waals surface area contributed by atoms with Gasteiger partial charge in [-0.1, -0.05) is 88.8 Å². The molecule has 1 saturated carbocycles. The lowest BCUT2D eigenvalue weighted by Crippen LogP contribution is -2.61. The summed E-state index contributed by atoms with van der Waals surface area (Å²) in [5, 5.41) is 23.6. The Bertz CT molecular complexity index is 2360. The number of carbonyl (C=O) groups excluding carboxylic acids is 5. The standard InChI is InChI=1S/C58H85NO15S/c1-35-20-25-45(26-21-35)75(67,68)74-48-27-23-43(32-51(48)70-10)31-39(5)50-34-47(60)38(4)30-41(7)53(62)54(71-11)52(61)40(6)29-36(2)17-13-12-14-18-37(3)49(69-9)33-44-24-22-42(8)58(66,73-44)55(63)56(64)59-28-16-15-19-46(59)57(65)72-50/h12-14,17-18,20-21,25-26,30,36,38-40,42-44,46,48-51,53-54,62,66H,15-16,19,22-24,27-29,31-34H2,1-11H3/b14-12+,17-13+,37-18-,41-30+/t36-,38-,39-,40-,42-,43+,44+,46+,48-,49-,50+,51-,53-,54+,58-/m1/s1. The molecule has 3 fully saturated rings. The highest BCUT2D eigenvalue weighted by molar-refractivity contribution is 7.86. The molecule has 16 nitrogen and oxygen atoms in total. The summed E-state index contributed by atoms with van der Waals surface area (Å²) in [6, 6.07) is 5.21. The largest absolute Gasteiger partial charge is 0.460 e. The fourth-order valence-electron chi connectivity index (χ4n) is 11.1. The quantitative estimate of drug-likeness (QED) is 0.104. The number of cyclic esters (lactones) is 1. The van der Waals surface area contributed by atoms with E-state index < -0.39 is 106 Å². The number of nitrogens with zero attached hydrogens (tertiary/aromatic N) is 1. The summed E-state index contributed by atoms with van der Waals surface area (Å²) in [5.74, 6) is -8.63. The molecule has 75 heavy (non-hydrogen) atoms. The van der Waals surface area contributed by atoms with Crippen LogP contribution < -0.4 is 0 Å². The number of ketones is 3. The molecule has 0 radical (unpaired) electrons. The Balaban J connectivity index is 1.45. The second-order valence-electron chi connectivity index (χ2n) is 21.9. The van der Waals surface area contributed by atoms with E-state index in [1.807, 2.05) is 58.1 Å². The van der Waals surface area contributed by atoms with Crippen molar-refractivity contribution in [2.24, 2.45) is 35.5 Å². The van der Waals surface area contributed by atoms with Crippen LogP contribution in [0.4, 0.5) is 0 Å². The van der Waals surface area contributed by atoms with Gasteiger partial charge in [-0.2, -0.15) is 8.42 Å². The number of Topliss-reactive ketones (excluding diaryl/α,β-unsaturated/α-hetero) is 3. The van der Waals surface area contributed by atoms with Gasteiger partial charge in [0.2, 0.25) is 5.79 Å². The van der Waals surface area contributed by atoms with E-state index in [0.29, 0.717) is 69.8 Å². The van der Waals surface area contributed by atoms with E-state index in [-0.39, 0.29) is 47.7 Å². The molecule has 1 aromatic carbocycles. The fourth-order valence-corrected chi connectivity index (χ4v) is 12.3. The molecule has 0 unspecified atom stereocenters. The van der Waals surface area contributed by atoms with Crippen LogP contribution in [-0.2, 0) is 62.0 Å². The zero-order valence-corrected chi connectivity index (χ0v) is 46.9. The molecule has 2 bridgehead atoms. The lowest BCUT2D eigenvalue weighted by atomic mass is 9.78. The van der Waals surface area contributed by atoms with E-state index in [2.05, 4.69) is 0 Å². The Hall–Kier alpha value is -4.20. The SMILES string of the molecule is CO[C@@H]1C[C@@H]2CC[C@@H](C)[C@@](O)(O2)C(=O)C(=O)N2CCCC[C@H]2C(=O)O[C@H]([C@H](C)C[C@@H]2CC[C@@H](OS(=O)(=O)c3ccc(C)cc3)[C@H](OC)C2)CC(=O)[C@H](C)/C=C(\C)[C@@H](O)[C@@H](OC)C(=O)[C@H](C)C[C@H](C)/C=C/C=C/C=C\1C. The normalized spacial score (nSPS) is 36.8. The van der Waals surface area contributed by atoms with Gasteiger partial charge in [-0.05, 0) is 126 Å². The van der Waals surface area contributed by atoms with Crippen molar-refractivity contribution in [3.63, 3.8) is 0 Å². The number of carbonyl (C=O) groups is 5. The van der Waals surface area contributed by atoms with Crippen LogP contribution in [0.3, 0.4) is 0 Å². The number of piperidine rings is 1. The van der Waals surface area contributed by atoms with Crippen LogP contribution in [0.5, 0.6) is 0 Å². The van der Waals surface area contributed by atoms with Crippen LogP contribution in [0.2, 0.25) is 0 Å². The Labute approximate surface area is 445 Å². The van der Waals surface area contributed by atoms with Crippen LogP contribution >= 0.6 is 0 Å². The molecule has 17 heteroatoms. The van der Waals surface area contributed by atoms with Crippen LogP contribution in [0, 0.1) is 42.4 Å². The van der Waals surface area contributed by atoms with Gasteiger partial charge in [0.15, 0.2) is 5.78 Å². The van der Waals surface area contributed by atoms with Crippen molar-refractivity contribution in [3.05, 3.63) is 77.4 Å². The second kappa shape index (κ2) is 27.9. The zero-order valence-electron chi connectivity index (χ0n) is 46.1. The molecule has 1 aliphatic carbocycles. The minimum atomic E-state index is -4.09. The summed E-state index contributed by atoms with van der Waals surface area (Å²) >= 11 is 0. The van der Waals surface area contributed by atoms with E-state index >= 15 is 0 Å². The summed E-state index contributed by atoms with van der Waals surface area (Å²) in [4.78, 5) is 72.6. The topological polar surface area (TPSA) is 219 Å². The minimum Gasteiger partial charge on any atom is -0.460 e. The molecule has 0 aromatic heterocycles. The lowest BCUT2D eigenvalue weighted by Gasteiger charge is -2.42. The maximum atomic E-state index is 14.6. The maximum Gasteiger partial charge on any atom is 0.329 e. The number of ether oxygens (including phenoxy) is 5. The maximum absolute atomic E-state index is 14.6. The average molecular weight is 1070 g/mol. The molecule has 4 aliphatic rings.